The van der Waals surface area contributed by atoms with Crippen LogP contribution < -0.4 is 10.2 Å². The molecule has 5 nitrogen and oxygen atoms in total. The van der Waals surface area contributed by atoms with E-state index < -0.39 is 0 Å². The van der Waals surface area contributed by atoms with Gasteiger partial charge in [-0.3, -0.25) is 9.78 Å². The van der Waals surface area contributed by atoms with E-state index in [2.05, 4.69) is 36.0 Å². The summed E-state index contributed by atoms with van der Waals surface area (Å²) in [5, 5.41) is 12.9. The predicted molar refractivity (Wildman–Crippen MR) is 100 cm³/mol. The summed E-state index contributed by atoms with van der Waals surface area (Å²) < 4.78 is 0. The standard InChI is InChI=1S/C20H25N3O2/c1-20(2,3)14-6-7-18(24)16(12-14)22-19(25)17-13-15(8-9-21-17)23-10-4-5-11-23/h6-9,12-13,24H,4-5,10-11H2,1-3H3,(H,22,25). The molecule has 25 heavy (non-hydrogen) atoms. The summed E-state index contributed by atoms with van der Waals surface area (Å²) in [6.45, 7) is 8.29. The van der Waals surface area contributed by atoms with Crippen molar-refractivity contribution in [3.63, 3.8) is 0 Å². The summed E-state index contributed by atoms with van der Waals surface area (Å²) in [6, 6.07) is 9.05. The van der Waals surface area contributed by atoms with Crippen LogP contribution in [0.4, 0.5) is 11.4 Å². The highest BCUT2D eigenvalue weighted by molar-refractivity contribution is 6.04. The Morgan fingerprint density at radius 3 is 2.56 bits per heavy atom. The van der Waals surface area contributed by atoms with Crippen LogP contribution in [0.15, 0.2) is 36.5 Å². The quantitative estimate of drug-likeness (QED) is 0.832. The molecule has 5 heteroatoms. The van der Waals surface area contributed by atoms with E-state index in [4.69, 9.17) is 0 Å². The van der Waals surface area contributed by atoms with E-state index in [0.29, 0.717) is 11.4 Å². The Balaban J connectivity index is 1.82. The first-order valence-corrected chi connectivity index (χ1v) is 8.70. The van der Waals surface area contributed by atoms with Gasteiger partial charge in [0.25, 0.3) is 5.91 Å². The first kappa shape index (κ1) is 17.3. The number of aromatic hydroxyl groups is 1. The van der Waals surface area contributed by atoms with Gasteiger partial charge in [0.15, 0.2) is 0 Å². The topological polar surface area (TPSA) is 65.5 Å². The van der Waals surface area contributed by atoms with Gasteiger partial charge in [-0.05, 0) is 48.1 Å². The molecule has 132 valence electrons. The van der Waals surface area contributed by atoms with Gasteiger partial charge in [-0.2, -0.15) is 0 Å². The van der Waals surface area contributed by atoms with Crippen molar-refractivity contribution in [1.29, 1.82) is 0 Å². The molecule has 1 fully saturated rings. The number of carbonyl (C=O) groups excluding carboxylic acids is 1. The molecule has 2 aromatic rings. The second-order valence-electron chi connectivity index (χ2n) is 7.53. The summed E-state index contributed by atoms with van der Waals surface area (Å²) in [5.74, 6) is -0.264. The van der Waals surface area contributed by atoms with Crippen molar-refractivity contribution in [3.05, 3.63) is 47.8 Å². The molecule has 0 atom stereocenters. The molecule has 1 saturated heterocycles. The van der Waals surface area contributed by atoms with Crippen LogP contribution in [-0.2, 0) is 5.41 Å². The van der Waals surface area contributed by atoms with E-state index >= 15 is 0 Å². The number of pyridine rings is 1. The lowest BCUT2D eigenvalue weighted by Gasteiger charge is -2.20. The van der Waals surface area contributed by atoms with Crippen LogP contribution in [-0.4, -0.2) is 29.1 Å². The van der Waals surface area contributed by atoms with Crippen LogP contribution in [0.1, 0.15) is 49.7 Å². The highest BCUT2D eigenvalue weighted by Crippen LogP contribution is 2.31. The maximum Gasteiger partial charge on any atom is 0.274 e. The van der Waals surface area contributed by atoms with Gasteiger partial charge in [-0.25, -0.2) is 0 Å². The number of benzene rings is 1. The van der Waals surface area contributed by atoms with Gasteiger partial charge in [0.2, 0.25) is 0 Å². The van der Waals surface area contributed by atoms with Crippen LogP contribution in [0.5, 0.6) is 5.75 Å². The molecule has 0 aliphatic carbocycles. The first-order chi connectivity index (χ1) is 11.8. The average Bonchev–Trinajstić information content (AvgIpc) is 3.10. The zero-order valence-electron chi connectivity index (χ0n) is 15.0. The number of phenols is 1. The van der Waals surface area contributed by atoms with Crippen molar-refractivity contribution in [2.75, 3.05) is 23.3 Å². The van der Waals surface area contributed by atoms with E-state index in [9.17, 15) is 9.90 Å². The van der Waals surface area contributed by atoms with Crippen molar-refractivity contribution in [1.82, 2.24) is 4.98 Å². The van der Waals surface area contributed by atoms with Crippen LogP contribution in [0.25, 0.3) is 0 Å². The number of nitrogens with one attached hydrogen (secondary N) is 1. The molecule has 1 aliphatic rings. The minimum Gasteiger partial charge on any atom is -0.506 e. The van der Waals surface area contributed by atoms with E-state index in [1.165, 1.54) is 12.8 Å². The normalized spacial score (nSPS) is 14.6. The van der Waals surface area contributed by atoms with Gasteiger partial charge in [0.05, 0.1) is 5.69 Å². The Labute approximate surface area is 148 Å². The highest BCUT2D eigenvalue weighted by atomic mass is 16.3. The largest absolute Gasteiger partial charge is 0.506 e. The maximum absolute atomic E-state index is 12.6. The Kier molecular flexibility index (Phi) is 4.66. The third kappa shape index (κ3) is 3.92. The molecule has 2 N–H and O–H groups in total. The zero-order valence-corrected chi connectivity index (χ0v) is 15.0. The Morgan fingerprint density at radius 1 is 1.16 bits per heavy atom. The van der Waals surface area contributed by atoms with E-state index in [1.54, 1.807) is 12.3 Å². The third-order valence-corrected chi connectivity index (χ3v) is 4.56. The van der Waals surface area contributed by atoms with E-state index in [1.807, 2.05) is 24.3 Å². The second kappa shape index (κ2) is 6.75. The summed E-state index contributed by atoms with van der Waals surface area (Å²) in [4.78, 5) is 19.0. The van der Waals surface area contributed by atoms with Gasteiger partial charge in [0, 0.05) is 25.0 Å². The van der Waals surface area contributed by atoms with E-state index in [-0.39, 0.29) is 17.1 Å². The van der Waals surface area contributed by atoms with Crippen molar-refractivity contribution in [2.24, 2.45) is 0 Å². The fraction of sp³-hybridized carbons (Fsp3) is 0.400. The number of hydrogen-bond acceptors (Lipinski definition) is 4. The highest BCUT2D eigenvalue weighted by Gasteiger charge is 2.18. The SMILES string of the molecule is CC(C)(C)c1ccc(O)c(NC(=O)c2cc(N3CCCC3)ccn2)c1. The maximum atomic E-state index is 12.6. The van der Waals surface area contributed by atoms with Gasteiger partial charge < -0.3 is 15.3 Å². The summed E-state index contributed by atoms with van der Waals surface area (Å²) in [7, 11) is 0. The molecule has 0 saturated carbocycles. The molecular weight excluding hydrogens is 314 g/mol. The third-order valence-electron chi connectivity index (χ3n) is 4.56. The lowest BCUT2D eigenvalue weighted by atomic mass is 9.87. The number of rotatable bonds is 3. The van der Waals surface area contributed by atoms with E-state index in [0.717, 1.165) is 24.3 Å². The van der Waals surface area contributed by atoms with Crippen molar-refractivity contribution < 1.29 is 9.90 Å². The molecule has 0 bridgehead atoms. The monoisotopic (exact) mass is 339 g/mol. The summed E-state index contributed by atoms with van der Waals surface area (Å²) in [6.07, 6.45) is 4.02. The Morgan fingerprint density at radius 2 is 1.88 bits per heavy atom. The molecule has 0 radical (unpaired) electrons. The van der Waals surface area contributed by atoms with Gasteiger partial charge in [-0.15, -0.1) is 0 Å². The molecule has 1 amide bonds. The van der Waals surface area contributed by atoms with Crippen molar-refractivity contribution in [2.45, 2.75) is 39.0 Å². The smallest absolute Gasteiger partial charge is 0.274 e. The van der Waals surface area contributed by atoms with Crippen LogP contribution in [0, 0.1) is 0 Å². The van der Waals surface area contributed by atoms with Gasteiger partial charge in [-0.1, -0.05) is 26.8 Å². The zero-order chi connectivity index (χ0) is 18.0. The average molecular weight is 339 g/mol. The summed E-state index contributed by atoms with van der Waals surface area (Å²) >= 11 is 0. The number of phenolic OH excluding ortho intramolecular Hbond substituents is 1. The first-order valence-electron chi connectivity index (χ1n) is 8.70. The lowest BCUT2D eigenvalue weighted by molar-refractivity contribution is 0.102. The van der Waals surface area contributed by atoms with Crippen LogP contribution >= 0.6 is 0 Å². The fourth-order valence-corrected chi connectivity index (χ4v) is 3.00. The fourth-order valence-electron chi connectivity index (χ4n) is 3.00. The predicted octanol–water partition coefficient (Wildman–Crippen LogP) is 3.94. The minimum absolute atomic E-state index is 0.0528. The molecule has 0 unspecified atom stereocenters. The minimum atomic E-state index is -0.317. The molecule has 3 rings (SSSR count). The Hall–Kier alpha value is -2.56. The van der Waals surface area contributed by atoms with Gasteiger partial charge >= 0.3 is 0 Å². The summed E-state index contributed by atoms with van der Waals surface area (Å²) in [5.41, 5.74) is 2.75. The number of hydrogen-bond donors (Lipinski definition) is 2. The molecular formula is C20H25N3O2. The number of amides is 1. The number of anilines is 2. The number of carbonyl (C=O) groups is 1. The lowest BCUT2D eigenvalue weighted by Crippen LogP contribution is -2.20. The molecule has 0 spiro atoms. The van der Waals surface area contributed by atoms with Crippen molar-refractivity contribution >= 4 is 17.3 Å². The number of aromatic nitrogens is 1. The molecule has 1 aliphatic heterocycles. The van der Waals surface area contributed by atoms with Crippen LogP contribution in [0.3, 0.4) is 0 Å². The second-order valence-corrected chi connectivity index (χ2v) is 7.53. The van der Waals surface area contributed by atoms with Gasteiger partial charge in [0.1, 0.15) is 11.4 Å². The molecule has 2 heterocycles. The van der Waals surface area contributed by atoms with Crippen molar-refractivity contribution in [3.8, 4) is 5.75 Å². The molecule has 1 aromatic heterocycles. The number of nitrogens with zero attached hydrogens (tertiary/aromatic N) is 2. The molecule has 1 aromatic carbocycles. The van der Waals surface area contributed by atoms with Crippen LogP contribution in [0.2, 0.25) is 0 Å². The Bertz CT molecular complexity index is 775.